The number of esters is 1. The van der Waals surface area contributed by atoms with Gasteiger partial charge in [0.05, 0.1) is 6.61 Å². The molecule has 150 valence electrons. The molecule has 28 heavy (non-hydrogen) atoms. The van der Waals surface area contributed by atoms with Gasteiger partial charge in [-0.2, -0.15) is 0 Å². The number of ether oxygens (including phenoxy) is 3. The highest BCUT2D eigenvalue weighted by Crippen LogP contribution is 2.24. The number of rotatable bonds is 9. The summed E-state index contributed by atoms with van der Waals surface area (Å²) in [6.45, 7) is 7.82. The largest absolute Gasteiger partial charge is 0.494 e. The van der Waals surface area contributed by atoms with Crippen molar-refractivity contribution in [2.24, 2.45) is 0 Å². The normalized spacial score (nSPS) is 11.6. The first kappa shape index (κ1) is 21.3. The lowest BCUT2D eigenvalue weighted by molar-refractivity contribution is -0.155. The number of carbonyl (C=O) groups excluding carboxylic acids is 2. The SMILES string of the molecule is CCOc1ccc(OCC(=O)O[C@H](C)C(=O)Nc2ccccc2C(C)C)cc1. The molecule has 6 heteroatoms. The lowest BCUT2D eigenvalue weighted by atomic mass is 10.0. The van der Waals surface area contributed by atoms with E-state index >= 15 is 0 Å². The molecule has 0 bridgehead atoms. The summed E-state index contributed by atoms with van der Waals surface area (Å²) >= 11 is 0. The van der Waals surface area contributed by atoms with Crippen molar-refractivity contribution in [1.82, 2.24) is 0 Å². The lowest BCUT2D eigenvalue weighted by Crippen LogP contribution is -2.32. The highest BCUT2D eigenvalue weighted by molar-refractivity contribution is 5.95. The monoisotopic (exact) mass is 385 g/mol. The maximum absolute atomic E-state index is 12.4. The first-order valence-corrected chi connectivity index (χ1v) is 9.35. The molecular formula is C22H27NO5. The molecule has 6 nitrogen and oxygen atoms in total. The molecule has 0 heterocycles. The summed E-state index contributed by atoms with van der Waals surface area (Å²) in [7, 11) is 0. The molecule has 0 aromatic heterocycles. The Morgan fingerprint density at radius 1 is 0.929 bits per heavy atom. The van der Waals surface area contributed by atoms with Gasteiger partial charge in [0.25, 0.3) is 5.91 Å². The Kier molecular flexibility index (Phi) is 7.87. The second kappa shape index (κ2) is 10.3. The number of carbonyl (C=O) groups is 2. The van der Waals surface area contributed by atoms with Gasteiger partial charge in [-0.05, 0) is 55.7 Å². The van der Waals surface area contributed by atoms with Crippen LogP contribution in [0.3, 0.4) is 0 Å². The number of amides is 1. The number of benzene rings is 2. The summed E-state index contributed by atoms with van der Waals surface area (Å²) in [5, 5.41) is 2.82. The quantitative estimate of drug-likeness (QED) is 0.656. The van der Waals surface area contributed by atoms with E-state index in [1.807, 2.05) is 45.0 Å². The van der Waals surface area contributed by atoms with Gasteiger partial charge in [-0.3, -0.25) is 4.79 Å². The minimum Gasteiger partial charge on any atom is -0.494 e. The Bertz CT molecular complexity index is 786. The Balaban J connectivity index is 1.83. The van der Waals surface area contributed by atoms with Gasteiger partial charge in [-0.15, -0.1) is 0 Å². The van der Waals surface area contributed by atoms with Crippen LogP contribution in [0.1, 0.15) is 39.2 Å². The summed E-state index contributed by atoms with van der Waals surface area (Å²) in [6, 6.07) is 14.5. The molecule has 0 aliphatic rings. The van der Waals surface area contributed by atoms with Crippen LogP contribution in [0, 0.1) is 0 Å². The molecule has 0 aliphatic heterocycles. The topological polar surface area (TPSA) is 73.9 Å². The first-order valence-electron chi connectivity index (χ1n) is 9.35. The zero-order chi connectivity index (χ0) is 20.5. The van der Waals surface area contributed by atoms with Crippen molar-refractivity contribution in [2.45, 2.75) is 39.7 Å². The van der Waals surface area contributed by atoms with Crippen molar-refractivity contribution in [1.29, 1.82) is 0 Å². The third kappa shape index (κ3) is 6.30. The van der Waals surface area contributed by atoms with Crippen LogP contribution in [0.15, 0.2) is 48.5 Å². The van der Waals surface area contributed by atoms with Gasteiger partial charge in [0.15, 0.2) is 12.7 Å². The van der Waals surface area contributed by atoms with E-state index in [0.717, 1.165) is 17.0 Å². The Morgan fingerprint density at radius 2 is 1.54 bits per heavy atom. The fourth-order valence-electron chi connectivity index (χ4n) is 2.57. The lowest BCUT2D eigenvalue weighted by Gasteiger charge is -2.17. The van der Waals surface area contributed by atoms with Crippen LogP contribution in [0.5, 0.6) is 11.5 Å². The summed E-state index contributed by atoms with van der Waals surface area (Å²) in [6.07, 6.45) is -0.934. The van der Waals surface area contributed by atoms with Crippen LogP contribution in [0.25, 0.3) is 0 Å². The summed E-state index contributed by atoms with van der Waals surface area (Å²) in [5.41, 5.74) is 1.74. The molecule has 1 N–H and O–H groups in total. The highest BCUT2D eigenvalue weighted by atomic mass is 16.6. The van der Waals surface area contributed by atoms with E-state index in [1.165, 1.54) is 6.92 Å². The molecule has 1 atom stereocenters. The Morgan fingerprint density at radius 3 is 2.14 bits per heavy atom. The van der Waals surface area contributed by atoms with Crippen molar-refractivity contribution < 1.29 is 23.8 Å². The van der Waals surface area contributed by atoms with E-state index < -0.39 is 12.1 Å². The number of hydrogen-bond donors (Lipinski definition) is 1. The van der Waals surface area contributed by atoms with Gasteiger partial charge in [0, 0.05) is 5.69 Å². The zero-order valence-corrected chi connectivity index (χ0v) is 16.7. The van der Waals surface area contributed by atoms with Crippen molar-refractivity contribution in [3.8, 4) is 11.5 Å². The molecule has 0 radical (unpaired) electrons. The average Bonchev–Trinajstić information content (AvgIpc) is 2.68. The summed E-state index contributed by atoms with van der Waals surface area (Å²) in [4.78, 5) is 24.3. The predicted octanol–water partition coefficient (Wildman–Crippen LogP) is 4.16. The molecule has 2 aromatic rings. The van der Waals surface area contributed by atoms with Crippen molar-refractivity contribution in [3.63, 3.8) is 0 Å². The fraction of sp³-hybridized carbons (Fsp3) is 0.364. The van der Waals surface area contributed by atoms with Crippen molar-refractivity contribution in [2.75, 3.05) is 18.5 Å². The van der Waals surface area contributed by atoms with E-state index in [0.29, 0.717) is 12.4 Å². The molecule has 1 amide bonds. The second-order valence-corrected chi connectivity index (χ2v) is 6.56. The maximum atomic E-state index is 12.4. The molecule has 0 unspecified atom stereocenters. The maximum Gasteiger partial charge on any atom is 0.344 e. The zero-order valence-electron chi connectivity index (χ0n) is 16.7. The van der Waals surface area contributed by atoms with Gasteiger partial charge < -0.3 is 19.5 Å². The van der Waals surface area contributed by atoms with E-state index in [1.54, 1.807) is 24.3 Å². The number of nitrogens with one attached hydrogen (secondary N) is 1. The first-order chi connectivity index (χ1) is 13.4. The molecule has 0 fully saturated rings. The van der Waals surface area contributed by atoms with E-state index in [2.05, 4.69) is 5.32 Å². The number of anilines is 1. The summed E-state index contributed by atoms with van der Waals surface area (Å²) in [5.74, 6) is 0.501. The minimum absolute atomic E-state index is 0.261. The molecular weight excluding hydrogens is 358 g/mol. The predicted molar refractivity (Wildman–Crippen MR) is 108 cm³/mol. The van der Waals surface area contributed by atoms with Crippen LogP contribution >= 0.6 is 0 Å². The third-order valence-electron chi connectivity index (χ3n) is 4.01. The highest BCUT2D eigenvalue weighted by Gasteiger charge is 2.19. The van der Waals surface area contributed by atoms with Crippen molar-refractivity contribution >= 4 is 17.6 Å². The van der Waals surface area contributed by atoms with Gasteiger partial charge in [0.1, 0.15) is 11.5 Å². The number of hydrogen-bond acceptors (Lipinski definition) is 5. The summed E-state index contributed by atoms with van der Waals surface area (Å²) < 4.78 is 15.9. The molecule has 2 aromatic carbocycles. The minimum atomic E-state index is -0.934. The van der Waals surface area contributed by atoms with E-state index in [9.17, 15) is 9.59 Å². The molecule has 2 rings (SSSR count). The number of para-hydroxylation sites is 1. The van der Waals surface area contributed by atoms with Crippen LogP contribution in [0.2, 0.25) is 0 Å². The van der Waals surface area contributed by atoms with E-state index in [4.69, 9.17) is 14.2 Å². The fourth-order valence-corrected chi connectivity index (χ4v) is 2.57. The molecule has 0 aliphatic carbocycles. The second-order valence-electron chi connectivity index (χ2n) is 6.56. The van der Waals surface area contributed by atoms with Crippen LogP contribution in [0.4, 0.5) is 5.69 Å². The van der Waals surface area contributed by atoms with Crippen LogP contribution in [-0.2, 0) is 14.3 Å². The Labute approximate surface area is 165 Å². The van der Waals surface area contributed by atoms with Crippen LogP contribution in [-0.4, -0.2) is 31.2 Å². The molecule has 0 saturated heterocycles. The van der Waals surface area contributed by atoms with E-state index in [-0.39, 0.29) is 18.4 Å². The average molecular weight is 385 g/mol. The van der Waals surface area contributed by atoms with Gasteiger partial charge in [-0.25, -0.2) is 4.79 Å². The van der Waals surface area contributed by atoms with Crippen LogP contribution < -0.4 is 14.8 Å². The molecule has 0 spiro atoms. The van der Waals surface area contributed by atoms with Gasteiger partial charge in [0.2, 0.25) is 0 Å². The van der Waals surface area contributed by atoms with Gasteiger partial charge >= 0.3 is 5.97 Å². The Hall–Kier alpha value is -3.02. The smallest absolute Gasteiger partial charge is 0.344 e. The molecule has 0 saturated carbocycles. The van der Waals surface area contributed by atoms with Gasteiger partial charge in [-0.1, -0.05) is 32.0 Å². The van der Waals surface area contributed by atoms with Crippen molar-refractivity contribution in [3.05, 3.63) is 54.1 Å². The third-order valence-corrected chi connectivity index (χ3v) is 4.01. The standard InChI is InChI=1S/C22H27NO5/c1-5-26-17-10-12-18(13-11-17)27-14-21(24)28-16(4)22(25)23-20-9-7-6-8-19(20)15(2)3/h6-13,15-16H,5,14H2,1-4H3,(H,23,25)/t16-/m1/s1.